The van der Waals surface area contributed by atoms with Crippen molar-refractivity contribution in [3.8, 4) is 0 Å². The number of nitrogens with zero attached hydrogens (tertiary/aromatic N) is 1. The lowest BCUT2D eigenvalue weighted by Crippen LogP contribution is -1.98. The van der Waals surface area contributed by atoms with Gasteiger partial charge < -0.3 is 0 Å². The van der Waals surface area contributed by atoms with E-state index in [9.17, 15) is 8.42 Å². The van der Waals surface area contributed by atoms with Crippen molar-refractivity contribution < 1.29 is 13.0 Å². The molecule has 5 heteroatoms. The van der Waals surface area contributed by atoms with Gasteiger partial charge in [-0.15, -0.1) is 0 Å². The third-order valence-electron chi connectivity index (χ3n) is 2.38. The van der Waals surface area contributed by atoms with Crippen LogP contribution in [0.15, 0.2) is 53.7 Å². The summed E-state index contributed by atoms with van der Waals surface area (Å²) in [5.41, 5.74) is 2.07. The van der Waals surface area contributed by atoms with Crippen molar-refractivity contribution in [2.75, 3.05) is 0 Å². The van der Waals surface area contributed by atoms with Crippen LogP contribution in [0.5, 0.6) is 0 Å². The van der Waals surface area contributed by atoms with Crippen molar-refractivity contribution in [3.05, 3.63) is 59.9 Å². The van der Waals surface area contributed by atoms with E-state index in [0.29, 0.717) is 6.42 Å². The molecule has 2 aromatic rings. The van der Waals surface area contributed by atoms with Crippen LogP contribution in [0.4, 0.5) is 0 Å². The largest absolute Gasteiger partial charge is 0.294 e. The third-order valence-corrected chi connectivity index (χ3v) is 3.25. The highest BCUT2D eigenvalue weighted by molar-refractivity contribution is 7.85. The molecule has 1 heterocycles. The highest BCUT2D eigenvalue weighted by Crippen LogP contribution is 2.13. The van der Waals surface area contributed by atoms with Gasteiger partial charge in [0.1, 0.15) is 0 Å². The SMILES string of the molecule is O=S(=O)(O)c1ccc(Cc2ccncc2)cc1. The minimum atomic E-state index is -4.10. The summed E-state index contributed by atoms with van der Waals surface area (Å²) < 4.78 is 30.5. The lowest BCUT2D eigenvalue weighted by molar-refractivity contribution is 0.483. The fourth-order valence-corrected chi connectivity index (χ4v) is 2.00. The van der Waals surface area contributed by atoms with Gasteiger partial charge in [0.15, 0.2) is 0 Å². The third kappa shape index (κ3) is 3.12. The summed E-state index contributed by atoms with van der Waals surface area (Å²) in [6.45, 7) is 0. The molecule has 2 rings (SSSR count). The van der Waals surface area contributed by atoms with Crippen molar-refractivity contribution in [2.24, 2.45) is 0 Å². The molecule has 0 bridgehead atoms. The first kappa shape index (κ1) is 11.8. The minimum absolute atomic E-state index is 0.0871. The van der Waals surface area contributed by atoms with Crippen LogP contribution in [0.25, 0.3) is 0 Å². The molecule has 0 saturated carbocycles. The Morgan fingerprint density at radius 1 is 0.941 bits per heavy atom. The van der Waals surface area contributed by atoms with Crippen LogP contribution >= 0.6 is 0 Å². The van der Waals surface area contributed by atoms with Crippen molar-refractivity contribution in [3.63, 3.8) is 0 Å². The van der Waals surface area contributed by atoms with Gasteiger partial charge in [-0.3, -0.25) is 9.54 Å². The predicted molar refractivity (Wildman–Crippen MR) is 63.3 cm³/mol. The number of benzene rings is 1. The van der Waals surface area contributed by atoms with Crippen LogP contribution in [-0.4, -0.2) is 18.0 Å². The average molecular weight is 249 g/mol. The van der Waals surface area contributed by atoms with E-state index >= 15 is 0 Å². The maximum Gasteiger partial charge on any atom is 0.294 e. The van der Waals surface area contributed by atoms with Crippen LogP contribution < -0.4 is 0 Å². The normalized spacial score (nSPS) is 11.4. The van der Waals surface area contributed by atoms with E-state index in [-0.39, 0.29) is 4.90 Å². The predicted octanol–water partition coefficient (Wildman–Crippen LogP) is 1.92. The number of pyridine rings is 1. The molecule has 88 valence electrons. The van der Waals surface area contributed by atoms with Crippen molar-refractivity contribution in [1.82, 2.24) is 4.98 Å². The Kier molecular flexibility index (Phi) is 3.21. The maximum atomic E-state index is 10.8. The van der Waals surface area contributed by atoms with Crippen LogP contribution in [0, 0.1) is 0 Å². The molecule has 0 aliphatic carbocycles. The topological polar surface area (TPSA) is 67.3 Å². The van der Waals surface area contributed by atoms with E-state index in [0.717, 1.165) is 11.1 Å². The summed E-state index contributed by atoms with van der Waals surface area (Å²) in [6, 6.07) is 9.96. The maximum absolute atomic E-state index is 10.8. The van der Waals surface area contributed by atoms with Gasteiger partial charge in [0.2, 0.25) is 0 Å². The fourth-order valence-electron chi connectivity index (χ4n) is 1.52. The van der Waals surface area contributed by atoms with Gasteiger partial charge in [-0.05, 0) is 41.8 Å². The fraction of sp³-hybridized carbons (Fsp3) is 0.0833. The lowest BCUT2D eigenvalue weighted by atomic mass is 10.1. The van der Waals surface area contributed by atoms with Crippen LogP contribution in [0.1, 0.15) is 11.1 Å². The molecule has 0 unspecified atom stereocenters. The zero-order chi connectivity index (χ0) is 12.3. The molecule has 1 aromatic heterocycles. The van der Waals surface area contributed by atoms with Gasteiger partial charge in [-0.1, -0.05) is 12.1 Å². The molecule has 1 aromatic carbocycles. The van der Waals surface area contributed by atoms with Crippen molar-refractivity contribution in [1.29, 1.82) is 0 Å². The van der Waals surface area contributed by atoms with Crippen LogP contribution in [0.3, 0.4) is 0 Å². The molecule has 0 atom stereocenters. The van der Waals surface area contributed by atoms with E-state index < -0.39 is 10.1 Å². The number of hydrogen-bond acceptors (Lipinski definition) is 3. The monoisotopic (exact) mass is 249 g/mol. The van der Waals surface area contributed by atoms with Crippen molar-refractivity contribution in [2.45, 2.75) is 11.3 Å². The molecule has 0 radical (unpaired) electrons. The second-order valence-electron chi connectivity index (χ2n) is 3.65. The van der Waals surface area contributed by atoms with Gasteiger partial charge >= 0.3 is 0 Å². The first-order valence-electron chi connectivity index (χ1n) is 5.01. The molecule has 1 N–H and O–H groups in total. The summed E-state index contributed by atoms with van der Waals surface area (Å²) in [4.78, 5) is 3.83. The summed E-state index contributed by atoms with van der Waals surface area (Å²) in [5.74, 6) is 0. The van der Waals surface area contributed by atoms with Gasteiger partial charge in [0, 0.05) is 12.4 Å². The van der Waals surface area contributed by atoms with E-state index in [4.69, 9.17) is 4.55 Å². The Morgan fingerprint density at radius 2 is 1.47 bits per heavy atom. The molecule has 0 aliphatic rings. The number of aromatic nitrogens is 1. The Labute approximate surface area is 99.7 Å². The summed E-state index contributed by atoms with van der Waals surface area (Å²) in [5, 5.41) is 0. The molecule has 17 heavy (non-hydrogen) atoms. The van der Waals surface area contributed by atoms with Crippen LogP contribution in [-0.2, 0) is 16.5 Å². The molecular formula is C12H11NO3S. The summed E-state index contributed by atoms with van der Waals surface area (Å²) in [7, 11) is -4.10. The Morgan fingerprint density at radius 3 is 2.00 bits per heavy atom. The molecule has 0 fully saturated rings. The summed E-state index contributed by atoms with van der Waals surface area (Å²) in [6.07, 6.45) is 4.12. The van der Waals surface area contributed by atoms with E-state index in [1.54, 1.807) is 24.5 Å². The number of hydrogen-bond donors (Lipinski definition) is 1. The standard InChI is InChI=1S/C12H11NO3S/c14-17(15,16)12-3-1-10(2-4-12)9-11-5-7-13-8-6-11/h1-8H,9H2,(H,14,15,16). The first-order valence-corrected chi connectivity index (χ1v) is 6.45. The Bertz CT molecular complexity index is 591. The minimum Gasteiger partial charge on any atom is -0.282 e. The Hall–Kier alpha value is -1.72. The van der Waals surface area contributed by atoms with Crippen molar-refractivity contribution >= 4 is 10.1 Å². The van der Waals surface area contributed by atoms with Gasteiger partial charge in [-0.25, -0.2) is 0 Å². The quantitative estimate of drug-likeness (QED) is 0.844. The zero-order valence-corrected chi connectivity index (χ0v) is 9.76. The lowest BCUT2D eigenvalue weighted by Gasteiger charge is -2.02. The van der Waals surface area contributed by atoms with E-state index in [1.165, 1.54) is 12.1 Å². The molecule has 0 aliphatic heterocycles. The molecule has 4 nitrogen and oxygen atoms in total. The molecule has 0 amide bonds. The smallest absolute Gasteiger partial charge is 0.282 e. The molecule has 0 saturated heterocycles. The van der Waals surface area contributed by atoms with E-state index in [1.807, 2.05) is 12.1 Å². The van der Waals surface area contributed by atoms with Gasteiger partial charge in [0.25, 0.3) is 10.1 Å². The Balaban J connectivity index is 2.20. The average Bonchev–Trinajstić information content (AvgIpc) is 2.30. The van der Waals surface area contributed by atoms with Gasteiger partial charge in [-0.2, -0.15) is 8.42 Å². The molecular weight excluding hydrogens is 238 g/mol. The first-order chi connectivity index (χ1) is 8.05. The van der Waals surface area contributed by atoms with E-state index in [2.05, 4.69) is 4.98 Å². The highest BCUT2D eigenvalue weighted by atomic mass is 32.2. The zero-order valence-electron chi connectivity index (χ0n) is 8.95. The van der Waals surface area contributed by atoms with Gasteiger partial charge in [0.05, 0.1) is 4.90 Å². The van der Waals surface area contributed by atoms with Crippen LogP contribution in [0.2, 0.25) is 0 Å². The number of rotatable bonds is 3. The highest BCUT2D eigenvalue weighted by Gasteiger charge is 2.08. The molecule has 0 spiro atoms. The summed E-state index contributed by atoms with van der Waals surface area (Å²) >= 11 is 0. The second-order valence-corrected chi connectivity index (χ2v) is 5.07. The second kappa shape index (κ2) is 4.65.